The zero-order valence-corrected chi connectivity index (χ0v) is 14.8. The van der Waals surface area contributed by atoms with E-state index in [-0.39, 0.29) is 0 Å². The molecule has 120 valence electrons. The van der Waals surface area contributed by atoms with Crippen LogP contribution in [0.25, 0.3) is 0 Å². The molecule has 0 bridgehead atoms. The van der Waals surface area contributed by atoms with Crippen LogP contribution in [0.4, 0.5) is 0 Å². The van der Waals surface area contributed by atoms with Crippen LogP contribution in [-0.4, -0.2) is 11.8 Å². The lowest BCUT2D eigenvalue weighted by Crippen LogP contribution is -2.44. The van der Waals surface area contributed by atoms with Gasteiger partial charge in [-0.2, -0.15) is 0 Å². The summed E-state index contributed by atoms with van der Waals surface area (Å²) < 4.78 is 18.3. The Bertz CT molecular complexity index is 736. The van der Waals surface area contributed by atoms with Gasteiger partial charge in [0.1, 0.15) is 11.5 Å². The SMILES string of the molecule is CC1(C)N=NC(Oc2ccc(Cl)cc2)(Oc2ccccc2Br)O1. The third-order valence-corrected chi connectivity index (χ3v) is 3.84. The molecule has 0 amide bonds. The van der Waals surface area contributed by atoms with E-state index in [0.29, 0.717) is 16.5 Å². The number of hydrogen-bond donors (Lipinski definition) is 0. The van der Waals surface area contributed by atoms with Crippen molar-refractivity contribution in [3.05, 3.63) is 58.0 Å². The highest BCUT2D eigenvalue weighted by Crippen LogP contribution is 2.37. The van der Waals surface area contributed by atoms with E-state index in [9.17, 15) is 0 Å². The van der Waals surface area contributed by atoms with Crippen molar-refractivity contribution in [2.45, 2.75) is 25.7 Å². The monoisotopic (exact) mass is 396 g/mol. The van der Waals surface area contributed by atoms with Gasteiger partial charge in [-0.1, -0.05) is 28.8 Å². The number of ether oxygens (including phenoxy) is 3. The molecular formula is C16H14BrClN2O3. The summed E-state index contributed by atoms with van der Waals surface area (Å²) in [5.41, 5.74) is -0.853. The van der Waals surface area contributed by atoms with Crippen molar-refractivity contribution in [3.8, 4) is 11.5 Å². The van der Waals surface area contributed by atoms with Crippen LogP contribution in [0.2, 0.25) is 5.02 Å². The molecule has 1 atom stereocenters. The van der Waals surface area contributed by atoms with Gasteiger partial charge in [-0.25, -0.2) is 0 Å². The minimum absolute atomic E-state index is 0.498. The maximum atomic E-state index is 5.89. The Morgan fingerprint density at radius 3 is 2.30 bits per heavy atom. The molecule has 1 unspecified atom stereocenters. The summed E-state index contributed by atoms with van der Waals surface area (Å²) in [6, 6.07) is 14.2. The van der Waals surface area contributed by atoms with E-state index in [1.54, 1.807) is 44.2 Å². The Labute approximate surface area is 147 Å². The predicted octanol–water partition coefficient (Wildman–Crippen LogP) is 5.39. The second-order valence-corrected chi connectivity index (χ2v) is 6.65. The number of rotatable bonds is 4. The largest absolute Gasteiger partial charge is 0.510 e. The van der Waals surface area contributed by atoms with Crippen molar-refractivity contribution in [1.82, 2.24) is 0 Å². The van der Waals surface area contributed by atoms with E-state index in [0.717, 1.165) is 4.47 Å². The summed E-state index contributed by atoms with van der Waals surface area (Å²) in [5, 5.41) is 8.76. The summed E-state index contributed by atoms with van der Waals surface area (Å²) in [7, 11) is 0. The molecular weight excluding hydrogens is 384 g/mol. The zero-order chi connectivity index (χ0) is 16.5. The number of halogens is 2. The molecule has 0 aliphatic carbocycles. The van der Waals surface area contributed by atoms with Gasteiger partial charge in [0, 0.05) is 5.02 Å². The van der Waals surface area contributed by atoms with Crippen molar-refractivity contribution < 1.29 is 14.2 Å². The highest BCUT2D eigenvalue weighted by Gasteiger charge is 2.49. The summed E-state index contributed by atoms with van der Waals surface area (Å²) in [5.74, 6) is 1.02. The van der Waals surface area contributed by atoms with Crippen LogP contribution < -0.4 is 9.47 Å². The van der Waals surface area contributed by atoms with Crippen molar-refractivity contribution in [1.29, 1.82) is 0 Å². The minimum Gasteiger partial charge on any atom is -0.410 e. The molecule has 0 saturated heterocycles. The van der Waals surface area contributed by atoms with E-state index in [2.05, 4.69) is 26.2 Å². The van der Waals surface area contributed by atoms with Gasteiger partial charge in [-0.15, -0.1) is 5.11 Å². The third kappa shape index (κ3) is 3.83. The number of para-hydroxylation sites is 1. The molecule has 0 N–H and O–H groups in total. The normalized spacial score (nSPS) is 22.1. The van der Waals surface area contributed by atoms with E-state index in [1.807, 2.05) is 18.2 Å². The molecule has 2 aromatic carbocycles. The van der Waals surface area contributed by atoms with Crippen LogP contribution in [0, 0.1) is 0 Å². The Balaban J connectivity index is 1.91. The van der Waals surface area contributed by atoms with E-state index in [4.69, 9.17) is 25.8 Å². The smallest absolute Gasteiger partial charge is 0.410 e. The molecule has 7 heteroatoms. The molecule has 1 aliphatic rings. The molecule has 1 heterocycles. The lowest BCUT2D eigenvalue weighted by atomic mass is 10.3. The molecule has 1 aliphatic heterocycles. The average molecular weight is 398 g/mol. The fraction of sp³-hybridized carbons (Fsp3) is 0.250. The molecule has 0 aromatic heterocycles. The van der Waals surface area contributed by atoms with Crippen molar-refractivity contribution in [2.75, 3.05) is 0 Å². The number of benzene rings is 2. The summed E-state index contributed by atoms with van der Waals surface area (Å²) >= 11 is 9.32. The summed E-state index contributed by atoms with van der Waals surface area (Å²) in [6.45, 7) is 3.54. The minimum atomic E-state index is -1.69. The fourth-order valence-corrected chi connectivity index (χ4v) is 2.45. The molecule has 0 fully saturated rings. The third-order valence-electron chi connectivity index (χ3n) is 2.93. The molecule has 0 saturated carbocycles. The molecule has 23 heavy (non-hydrogen) atoms. The van der Waals surface area contributed by atoms with Crippen LogP contribution in [0.15, 0.2) is 63.2 Å². The summed E-state index contributed by atoms with van der Waals surface area (Å²) in [6.07, 6.45) is -1.69. The number of hydrogen-bond acceptors (Lipinski definition) is 5. The zero-order valence-electron chi connectivity index (χ0n) is 12.5. The number of azo groups is 1. The van der Waals surface area contributed by atoms with Gasteiger partial charge in [-0.05, 0) is 66.2 Å². The Morgan fingerprint density at radius 1 is 1.00 bits per heavy atom. The number of nitrogens with zero attached hydrogens (tertiary/aromatic N) is 2. The van der Waals surface area contributed by atoms with Gasteiger partial charge < -0.3 is 9.47 Å². The molecule has 2 aromatic rings. The van der Waals surface area contributed by atoms with Gasteiger partial charge >= 0.3 is 6.10 Å². The van der Waals surface area contributed by atoms with Gasteiger partial charge in [-0.3, -0.25) is 4.74 Å². The van der Waals surface area contributed by atoms with E-state index < -0.39 is 11.8 Å². The van der Waals surface area contributed by atoms with Crippen LogP contribution >= 0.6 is 27.5 Å². The first-order valence-corrected chi connectivity index (χ1v) is 8.07. The maximum absolute atomic E-state index is 5.89. The molecule has 3 rings (SSSR count). The second kappa shape index (κ2) is 6.11. The van der Waals surface area contributed by atoms with Crippen molar-refractivity contribution >= 4 is 27.5 Å². The summed E-state index contributed by atoms with van der Waals surface area (Å²) in [4.78, 5) is 0. The van der Waals surface area contributed by atoms with Crippen LogP contribution in [0.1, 0.15) is 13.8 Å². The second-order valence-electron chi connectivity index (χ2n) is 5.36. The van der Waals surface area contributed by atoms with Crippen LogP contribution in [0.3, 0.4) is 0 Å². The Kier molecular flexibility index (Phi) is 4.31. The Hall–Kier alpha value is -1.63. The molecule has 0 spiro atoms. The van der Waals surface area contributed by atoms with Crippen LogP contribution in [-0.2, 0) is 4.74 Å². The van der Waals surface area contributed by atoms with Gasteiger partial charge in [0.2, 0.25) is 0 Å². The predicted molar refractivity (Wildman–Crippen MR) is 89.6 cm³/mol. The standard InChI is InChI=1S/C16H14BrClN2O3/c1-15(2)19-20-16(23-15,21-12-9-7-11(18)8-10-12)22-14-6-4-3-5-13(14)17/h3-10H,1-2H3. The first-order chi connectivity index (χ1) is 10.9. The van der Waals surface area contributed by atoms with E-state index in [1.165, 1.54) is 0 Å². The highest BCUT2D eigenvalue weighted by atomic mass is 79.9. The van der Waals surface area contributed by atoms with Gasteiger partial charge in [0.25, 0.3) is 0 Å². The van der Waals surface area contributed by atoms with Crippen molar-refractivity contribution in [2.24, 2.45) is 10.2 Å². The lowest BCUT2D eigenvalue weighted by Gasteiger charge is -2.27. The first kappa shape index (κ1) is 16.2. The average Bonchev–Trinajstić information content (AvgIpc) is 2.79. The Morgan fingerprint density at radius 2 is 1.70 bits per heavy atom. The quantitative estimate of drug-likeness (QED) is 0.650. The molecule has 0 radical (unpaired) electrons. The van der Waals surface area contributed by atoms with E-state index >= 15 is 0 Å². The fourth-order valence-electron chi connectivity index (χ4n) is 1.96. The molecule has 5 nitrogen and oxygen atoms in total. The van der Waals surface area contributed by atoms with Crippen LogP contribution in [0.5, 0.6) is 11.5 Å². The lowest BCUT2D eigenvalue weighted by molar-refractivity contribution is -0.310. The van der Waals surface area contributed by atoms with Gasteiger partial charge in [0.05, 0.1) is 4.47 Å². The highest BCUT2D eigenvalue weighted by molar-refractivity contribution is 9.10. The van der Waals surface area contributed by atoms with Crippen molar-refractivity contribution in [3.63, 3.8) is 0 Å². The topological polar surface area (TPSA) is 52.4 Å². The first-order valence-electron chi connectivity index (χ1n) is 6.90. The van der Waals surface area contributed by atoms with Gasteiger partial charge in [0.15, 0.2) is 5.72 Å². The maximum Gasteiger partial charge on any atom is 0.510 e.